The van der Waals surface area contributed by atoms with E-state index in [-0.39, 0.29) is 5.91 Å². The van der Waals surface area contributed by atoms with E-state index < -0.39 is 5.92 Å². The number of hydrogen-bond acceptors (Lipinski definition) is 2. The third kappa shape index (κ3) is 3.84. The highest BCUT2D eigenvalue weighted by atomic mass is 35.5. The Morgan fingerprint density at radius 2 is 1.95 bits per heavy atom. The van der Waals surface area contributed by atoms with Crippen molar-refractivity contribution in [2.75, 3.05) is 5.32 Å². The number of hydrogen-bond donors (Lipinski definition) is 1. The van der Waals surface area contributed by atoms with Crippen LogP contribution in [0.1, 0.15) is 11.1 Å². The Morgan fingerprint density at radius 1 is 1.24 bits per heavy atom. The molecule has 1 N–H and O–H groups in total. The van der Waals surface area contributed by atoms with Gasteiger partial charge >= 0.3 is 0 Å². The van der Waals surface area contributed by atoms with Crippen molar-refractivity contribution in [2.45, 2.75) is 13.3 Å². The van der Waals surface area contributed by atoms with Gasteiger partial charge in [0.2, 0.25) is 5.91 Å². The lowest BCUT2D eigenvalue weighted by Gasteiger charge is -2.13. The van der Waals surface area contributed by atoms with Crippen LogP contribution in [0.4, 0.5) is 5.69 Å². The van der Waals surface area contributed by atoms with Crippen LogP contribution in [0.5, 0.6) is 0 Å². The lowest BCUT2D eigenvalue weighted by atomic mass is 9.99. The number of nitrogens with one attached hydrogen (secondary N) is 1. The Labute approximate surface area is 129 Å². The van der Waals surface area contributed by atoms with E-state index in [4.69, 9.17) is 11.6 Å². The van der Waals surface area contributed by atoms with Gasteiger partial charge in [0.1, 0.15) is 5.92 Å². The fourth-order valence-corrected chi connectivity index (χ4v) is 2.18. The predicted octanol–water partition coefficient (Wildman–Crippen LogP) is 3.97. The molecule has 0 aromatic heterocycles. The van der Waals surface area contributed by atoms with Crippen LogP contribution in [0.2, 0.25) is 5.02 Å². The van der Waals surface area contributed by atoms with Crippen molar-refractivity contribution in [1.82, 2.24) is 0 Å². The van der Waals surface area contributed by atoms with E-state index in [9.17, 15) is 10.1 Å². The average molecular weight is 299 g/mol. The molecule has 0 saturated heterocycles. The van der Waals surface area contributed by atoms with Gasteiger partial charge in [-0.3, -0.25) is 4.79 Å². The molecule has 0 spiro atoms. The summed E-state index contributed by atoms with van der Waals surface area (Å²) < 4.78 is 0. The zero-order valence-corrected chi connectivity index (χ0v) is 12.4. The molecule has 0 saturated carbocycles. The van der Waals surface area contributed by atoms with Crippen molar-refractivity contribution >= 4 is 23.2 Å². The topological polar surface area (TPSA) is 52.9 Å². The van der Waals surface area contributed by atoms with Crippen LogP contribution in [-0.2, 0) is 11.2 Å². The molecule has 0 aliphatic carbocycles. The summed E-state index contributed by atoms with van der Waals surface area (Å²) in [5.74, 6) is -1.04. The summed E-state index contributed by atoms with van der Waals surface area (Å²) in [7, 11) is 0. The maximum Gasteiger partial charge on any atom is 0.242 e. The van der Waals surface area contributed by atoms with Crippen LogP contribution in [0.3, 0.4) is 0 Å². The molecule has 0 aliphatic heterocycles. The summed E-state index contributed by atoms with van der Waals surface area (Å²) in [4.78, 5) is 12.2. The maximum atomic E-state index is 12.2. The van der Waals surface area contributed by atoms with Crippen molar-refractivity contribution in [1.29, 1.82) is 5.26 Å². The summed E-state index contributed by atoms with van der Waals surface area (Å²) in [5.41, 5.74) is 2.40. The number of amides is 1. The van der Waals surface area contributed by atoms with Crippen molar-refractivity contribution in [3.8, 4) is 6.07 Å². The van der Waals surface area contributed by atoms with Crippen molar-refractivity contribution in [3.05, 3.63) is 64.7 Å². The third-order valence-electron chi connectivity index (χ3n) is 3.28. The van der Waals surface area contributed by atoms with Gasteiger partial charge in [0.25, 0.3) is 0 Å². The molecule has 0 radical (unpaired) electrons. The molecule has 106 valence electrons. The molecule has 2 aromatic rings. The monoisotopic (exact) mass is 298 g/mol. The lowest BCUT2D eigenvalue weighted by molar-refractivity contribution is -0.118. The van der Waals surface area contributed by atoms with Gasteiger partial charge < -0.3 is 5.32 Å². The molecule has 0 bridgehead atoms. The number of nitrogens with zero attached hydrogens (tertiary/aromatic N) is 1. The fraction of sp³-hybridized carbons (Fsp3) is 0.176. The number of carbonyl (C=O) groups excluding carboxylic acids is 1. The third-order valence-corrected chi connectivity index (χ3v) is 3.69. The number of halogens is 1. The lowest BCUT2D eigenvalue weighted by Crippen LogP contribution is -2.23. The van der Waals surface area contributed by atoms with Crippen LogP contribution >= 0.6 is 11.6 Å². The van der Waals surface area contributed by atoms with Gasteiger partial charge in [0, 0.05) is 10.7 Å². The van der Waals surface area contributed by atoms with E-state index >= 15 is 0 Å². The van der Waals surface area contributed by atoms with E-state index in [0.29, 0.717) is 17.1 Å². The first-order valence-corrected chi connectivity index (χ1v) is 6.99. The Balaban J connectivity index is 2.11. The molecule has 0 heterocycles. The summed E-state index contributed by atoms with van der Waals surface area (Å²) in [6.45, 7) is 1.83. The first-order chi connectivity index (χ1) is 10.1. The average Bonchev–Trinajstić information content (AvgIpc) is 2.50. The number of nitriles is 1. The van der Waals surface area contributed by atoms with E-state index in [0.717, 1.165) is 11.1 Å². The van der Waals surface area contributed by atoms with E-state index in [1.54, 1.807) is 18.2 Å². The largest absolute Gasteiger partial charge is 0.325 e. The molecular formula is C17H15ClN2O. The zero-order valence-electron chi connectivity index (χ0n) is 11.6. The van der Waals surface area contributed by atoms with Gasteiger partial charge in [-0.15, -0.1) is 0 Å². The molecule has 1 amide bonds. The van der Waals surface area contributed by atoms with E-state index in [1.807, 2.05) is 37.3 Å². The van der Waals surface area contributed by atoms with Crippen LogP contribution in [0.25, 0.3) is 0 Å². The summed E-state index contributed by atoms with van der Waals surface area (Å²) in [6, 6.07) is 16.9. The first kappa shape index (κ1) is 15.1. The van der Waals surface area contributed by atoms with Crippen molar-refractivity contribution in [2.24, 2.45) is 5.92 Å². The quantitative estimate of drug-likeness (QED) is 0.928. The molecule has 0 fully saturated rings. The first-order valence-electron chi connectivity index (χ1n) is 6.61. The van der Waals surface area contributed by atoms with Gasteiger partial charge in [0.05, 0.1) is 6.07 Å². The van der Waals surface area contributed by atoms with E-state index in [2.05, 4.69) is 11.4 Å². The van der Waals surface area contributed by atoms with Crippen LogP contribution in [0.15, 0.2) is 48.5 Å². The second-order valence-electron chi connectivity index (χ2n) is 4.77. The summed E-state index contributed by atoms with van der Waals surface area (Å²) in [6.07, 6.45) is 0.392. The van der Waals surface area contributed by atoms with Gasteiger partial charge in [0.15, 0.2) is 0 Å². The Bertz CT molecular complexity index is 677. The SMILES string of the molecule is Cc1c(Cl)cccc1NC(=O)C(C#N)Cc1ccccc1. The number of anilines is 1. The normalized spacial score (nSPS) is 11.5. The molecule has 0 aliphatic rings. The van der Waals surface area contributed by atoms with Crippen LogP contribution in [0, 0.1) is 24.2 Å². The van der Waals surface area contributed by atoms with Crippen molar-refractivity contribution < 1.29 is 4.79 Å². The number of rotatable bonds is 4. The Kier molecular flexibility index (Phi) is 4.97. The highest BCUT2D eigenvalue weighted by Gasteiger charge is 2.19. The molecule has 3 nitrogen and oxygen atoms in total. The Hall–Kier alpha value is -2.31. The summed E-state index contributed by atoms with van der Waals surface area (Å²) in [5, 5.41) is 12.6. The second kappa shape index (κ2) is 6.92. The van der Waals surface area contributed by atoms with Gasteiger partial charge in [-0.1, -0.05) is 48.0 Å². The Morgan fingerprint density at radius 3 is 2.62 bits per heavy atom. The standard InChI is InChI=1S/C17H15ClN2O/c1-12-15(18)8-5-9-16(12)20-17(21)14(11-19)10-13-6-3-2-4-7-13/h2-9,14H,10H2,1H3,(H,20,21). The maximum absolute atomic E-state index is 12.2. The highest BCUT2D eigenvalue weighted by Crippen LogP contribution is 2.23. The smallest absolute Gasteiger partial charge is 0.242 e. The zero-order chi connectivity index (χ0) is 15.2. The number of carbonyl (C=O) groups is 1. The molecule has 1 unspecified atom stereocenters. The molecule has 21 heavy (non-hydrogen) atoms. The van der Waals surface area contributed by atoms with Gasteiger partial charge in [-0.2, -0.15) is 5.26 Å². The minimum atomic E-state index is -0.731. The van der Waals surface area contributed by atoms with Crippen LogP contribution in [-0.4, -0.2) is 5.91 Å². The predicted molar refractivity (Wildman–Crippen MR) is 84.1 cm³/mol. The molecule has 4 heteroatoms. The minimum Gasteiger partial charge on any atom is -0.325 e. The van der Waals surface area contributed by atoms with Gasteiger partial charge in [-0.05, 0) is 36.6 Å². The van der Waals surface area contributed by atoms with E-state index in [1.165, 1.54) is 0 Å². The van der Waals surface area contributed by atoms with Crippen molar-refractivity contribution in [3.63, 3.8) is 0 Å². The van der Waals surface area contributed by atoms with Crippen LogP contribution < -0.4 is 5.32 Å². The minimum absolute atomic E-state index is 0.313. The van der Waals surface area contributed by atoms with Gasteiger partial charge in [-0.25, -0.2) is 0 Å². The summed E-state index contributed by atoms with van der Waals surface area (Å²) >= 11 is 6.02. The molecule has 2 aromatic carbocycles. The second-order valence-corrected chi connectivity index (χ2v) is 5.18. The molecule has 1 atom stereocenters. The number of benzene rings is 2. The fourth-order valence-electron chi connectivity index (χ4n) is 2.01. The molecular weight excluding hydrogens is 284 g/mol. The molecule has 2 rings (SSSR count). The highest BCUT2D eigenvalue weighted by molar-refractivity contribution is 6.31.